The number of urea groups is 1. The van der Waals surface area contributed by atoms with Crippen LogP contribution in [-0.4, -0.2) is 36.0 Å². The second-order valence-electron chi connectivity index (χ2n) is 6.53. The molecule has 22 heavy (non-hydrogen) atoms. The zero-order valence-corrected chi connectivity index (χ0v) is 13.4. The molecule has 2 heterocycles. The molecule has 118 valence electrons. The van der Waals surface area contributed by atoms with Crippen molar-refractivity contribution in [1.82, 2.24) is 15.5 Å². The molecule has 3 amide bonds. The average Bonchev–Trinajstić information content (AvgIpc) is 2.70. The summed E-state index contributed by atoms with van der Waals surface area (Å²) < 4.78 is 0. The number of rotatable bonds is 2. The third-order valence-corrected chi connectivity index (χ3v) is 4.82. The first kappa shape index (κ1) is 15.0. The van der Waals surface area contributed by atoms with Gasteiger partial charge in [0.2, 0.25) is 0 Å². The summed E-state index contributed by atoms with van der Waals surface area (Å²) in [7, 11) is 0. The molecule has 0 saturated carbocycles. The van der Waals surface area contributed by atoms with E-state index in [4.69, 9.17) is 0 Å². The number of benzene rings is 1. The first-order chi connectivity index (χ1) is 10.4. The number of aryl methyl sites for hydroxylation is 2. The highest BCUT2D eigenvalue weighted by Gasteiger charge is 2.51. The fraction of sp³-hybridized carbons (Fsp3) is 0.529. The predicted molar refractivity (Wildman–Crippen MR) is 84.5 cm³/mol. The predicted octanol–water partition coefficient (Wildman–Crippen LogP) is 1.82. The summed E-state index contributed by atoms with van der Waals surface area (Å²) in [4.78, 5) is 26.9. The van der Waals surface area contributed by atoms with Crippen LogP contribution in [0.3, 0.4) is 0 Å². The fourth-order valence-electron chi connectivity index (χ4n) is 3.61. The van der Waals surface area contributed by atoms with Crippen LogP contribution >= 0.6 is 0 Å². The number of hydrogen-bond acceptors (Lipinski definition) is 3. The summed E-state index contributed by atoms with van der Waals surface area (Å²) in [5, 5.41) is 6.19. The molecule has 0 radical (unpaired) electrons. The van der Waals surface area contributed by atoms with Crippen LogP contribution in [0.2, 0.25) is 0 Å². The van der Waals surface area contributed by atoms with Crippen LogP contribution in [0.5, 0.6) is 0 Å². The summed E-state index contributed by atoms with van der Waals surface area (Å²) >= 11 is 0. The van der Waals surface area contributed by atoms with Crippen molar-refractivity contribution < 1.29 is 9.59 Å². The van der Waals surface area contributed by atoms with Crippen LogP contribution in [-0.2, 0) is 10.3 Å². The second kappa shape index (κ2) is 5.39. The second-order valence-corrected chi connectivity index (χ2v) is 6.53. The van der Waals surface area contributed by atoms with Crippen molar-refractivity contribution in [3.8, 4) is 0 Å². The first-order valence-corrected chi connectivity index (χ1v) is 7.88. The molecule has 1 unspecified atom stereocenters. The van der Waals surface area contributed by atoms with Gasteiger partial charge < -0.3 is 10.6 Å². The number of nitrogens with zero attached hydrogens (tertiary/aromatic N) is 1. The highest BCUT2D eigenvalue weighted by Crippen LogP contribution is 2.33. The van der Waals surface area contributed by atoms with Crippen LogP contribution in [0.1, 0.15) is 36.5 Å². The van der Waals surface area contributed by atoms with E-state index < -0.39 is 5.54 Å². The first-order valence-electron chi connectivity index (χ1n) is 7.88. The van der Waals surface area contributed by atoms with Gasteiger partial charge in [-0.15, -0.1) is 0 Å². The van der Waals surface area contributed by atoms with Gasteiger partial charge in [0, 0.05) is 6.04 Å². The van der Waals surface area contributed by atoms with Crippen LogP contribution < -0.4 is 10.6 Å². The molecule has 0 spiro atoms. The Bertz CT molecular complexity index is 622. The lowest BCUT2D eigenvalue weighted by atomic mass is 9.87. The lowest BCUT2D eigenvalue weighted by Crippen LogP contribution is -2.47. The van der Waals surface area contributed by atoms with Gasteiger partial charge in [-0.1, -0.05) is 23.8 Å². The number of carbonyl (C=O) groups is 2. The average molecular weight is 301 g/mol. The zero-order valence-electron chi connectivity index (χ0n) is 13.4. The minimum absolute atomic E-state index is 0.00123. The molecule has 2 aliphatic heterocycles. The van der Waals surface area contributed by atoms with Gasteiger partial charge >= 0.3 is 6.03 Å². The molecule has 2 N–H and O–H groups in total. The number of hydrogen-bond donors (Lipinski definition) is 2. The molecule has 0 aromatic heterocycles. The number of carbonyl (C=O) groups excluding carboxylic acids is 2. The molecule has 0 bridgehead atoms. The van der Waals surface area contributed by atoms with Gasteiger partial charge in [0.15, 0.2) is 0 Å². The van der Waals surface area contributed by atoms with E-state index in [1.54, 1.807) is 0 Å². The van der Waals surface area contributed by atoms with Crippen molar-refractivity contribution in [2.24, 2.45) is 0 Å². The lowest BCUT2D eigenvalue weighted by molar-refractivity contribution is -0.133. The standard InChI is InChI=1S/C17H23N3O2/c1-11-4-5-14(12(2)10-11)17(3)15(21)20(16(22)19-17)13-6-8-18-9-7-13/h4-5,10,13,18H,6-9H2,1-3H3,(H,19,22). The highest BCUT2D eigenvalue weighted by atomic mass is 16.2. The summed E-state index contributed by atoms with van der Waals surface area (Å²) in [6, 6.07) is 5.73. The highest BCUT2D eigenvalue weighted by molar-refractivity contribution is 6.07. The van der Waals surface area contributed by atoms with E-state index in [2.05, 4.69) is 10.6 Å². The minimum atomic E-state index is -0.959. The number of nitrogens with one attached hydrogen (secondary N) is 2. The molecule has 2 saturated heterocycles. The number of piperidine rings is 1. The van der Waals surface area contributed by atoms with Gasteiger partial charge in [-0.3, -0.25) is 9.69 Å². The largest absolute Gasteiger partial charge is 0.325 e. The SMILES string of the molecule is Cc1ccc(C2(C)NC(=O)N(C3CCNCC3)C2=O)c(C)c1. The molecule has 2 aliphatic rings. The monoisotopic (exact) mass is 301 g/mol. The van der Waals surface area contributed by atoms with Crippen molar-refractivity contribution in [1.29, 1.82) is 0 Å². The van der Waals surface area contributed by atoms with Crippen LogP contribution in [0.15, 0.2) is 18.2 Å². The minimum Gasteiger partial charge on any atom is -0.319 e. The smallest absolute Gasteiger partial charge is 0.319 e. The number of amides is 3. The van der Waals surface area contributed by atoms with E-state index in [1.165, 1.54) is 4.90 Å². The molecule has 2 fully saturated rings. The normalized spacial score (nSPS) is 26.4. The van der Waals surface area contributed by atoms with Crippen molar-refractivity contribution >= 4 is 11.9 Å². The van der Waals surface area contributed by atoms with Gasteiger partial charge in [-0.05, 0) is 57.8 Å². The maximum absolute atomic E-state index is 13.0. The zero-order chi connectivity index (χ0) is 15.9. The summed E-state index contributed by atoms with van der Waals surface area (Å²) in [5.41, 5.74) is 2.10. The number of imide groups is 1. The van der Waals surface area contributed by atoms with Crippen molar-refractivity contribution in [2.45, 2.75) is 45.2 Å². The summed E-state index contributed by atoms with van der Waals surface area (Å²) in [5.74, 6) is -0.128. The van der Waals surface area contributed by atoms with E-state index in [0.29, 0.717) is 0 Å². The van der Waals surface area contributed by atoms with Gasteiger partial charge in [0.05, 0.1) is 0 Å². The molecular formula is C17H23N3O2. The molecule has 1 aromatic carbocycles. The molecule has 5 heteroatoms. The van der Waals surface area contributed by atoms with E-state index in [-0.39, 0.29) is 18.0 Å². The molecule has 0 aliphatic carbocycles. The quantitative estimate of drug-likeness (QED) is 0.819. The molecule has 1 atom stereocenters. The Balaban J connectivity index is 1.94. The molecule has 5 nitrogen and oxygen atoms in total. The van der Waals surface area contributed by atoms with E-state index in [1.807, 2.05) is 39.0 Å². The van der Waals surface area contributed by atoms with Gasteiger partial charge in [-0.25, -0.2) is 4.79 Å². The molecule has 1 aromatic rings. The Hall–Kier alpha value is -1.88. The Kier molecular flexibility index (Phi) is 3.68. The maximum Gasteiger partial charge on any atom is 0.325 e. The summed E-state index contributed by atoms with van der Waals surface area (Å²) in [6.45, 7) is 7.52. The van der Waals surface area contributed by atoms with Gasteiger partial charge in [0.25, 0.3) is 5.91 Å². The van der Waals surface area contributed by atoms with Crippen molar-refractivity contribution in [3.05, 3.63) is 34.9 Å². The lowest BCUT2D eigenvalue weighted by Gasteiger charge is -2.30. The summed E-state index contributed by atoms with van der Waals surface area (Å²) in [6.07, 6.45) is 1.64. The van der Waals surface area contributed by atoms with Gasteiger partial charge in [-0.2, -0.15) is 0 Å². The molecule has 3 rings (SSSR count). The van der Waals surface area contributed by atoms with Crippen molar-refractivity contribution in [2.75, 3.05) is 13.1 Å². The maximum atomic E-state index is 13.0. The van der Waals surface area contributed by atoms with Gasteiger partial charge in [0.1, 0.15) is 5.54 Å². The third-order valence-electron chi connectivity index (χ3n) is 4.82. The van der Waals surface area contributed by atoms with E-state index in [9.17, 15) is 9.59 Å². The van der Waals surface area contributed by atoms with Crippen LogP contribution in [0, 0.1) is 13.8 Å². The van der Waals surface area contributed by atoms with E-state index in [0.717, 1.165) is 42.6 Å². The third kappa shape index (κ3) is 2.29. The van der Waals surface area contributed by atoms with E-state index >= 15 is 0 Å². The fourth-order valence-corrected chi connectivity index (χ4v) is 3.61. The van der Waals surface area contributed by atoms with Crippen LogP contribution in [0.4, 0.5) is 4.79 Å². The molecular weight excluding hydrogens is 278 g/mol. The van der Waals surface area contributed by atoms with Crippen molar-refractivity contribution in [3.63, 3.8) is 0 Å². The topological polar surface area (TPSA) is 61.4 Å². The Morgan fingerprint density at radius 3 is 2.50 bits per heavy atom. The Morgan fingerprint density at radius 1 is 1.18 bits per heavy atom. The Labute approximate surface area is 131 Å². The van der Waals surface area contributed by atoms with Crippen LogP contribution in [0.25, 0.3) is 0 Å². The Morgan fingerprint density at radius 2 is 1.86 bits per heavy atom.